The third-order valence-corrected chi connectivity index (χ3v) is 2.31. The quantitative estimate of drug-likeness (QED) is 0.771. The van der Waals surface area contributed by atoms with Crippen molar-refractivity contribution in [3.8, 4) is 0 Å². The molecule has 0 bridgehead atoms. The smallest absolute Gasteiger partial charge is 0.338 e. The summed E-state index contributed by atoms with van der Waals surface area (Å²) in [5.74, 6) is -0.542. The number of rotatable bonds is 6. The van der Waals surface area contributed by atoms with Crippen LogP contribution < -0.4 is 5.32 Å². The molecule has 0 aliphatic heterocycles. The van der Waals surface area contributed by atoms with Gasteiger partial charge in [-0.25, -0.2) is 4.79 Å². The summed E-state index contributed by atoms with van der Waals surface area (Å²) in [6, 6.07) is 6.50. The predicted octanol–water partition coefficient (Wildman–Crippen LogP) is 1.96. The molecule has 19 heavy (non-hydrogen) atoms. The Bertz CT molecular complexity index is 426. The molecule has 1 aromatic rings. The number of benzene rings is 1. The fourth-order valence-corrected chi connectivity index (χ4v) is 1.43. The summed E-state index contributed by atoms with van der Waals surface area (Å²) in [4.78, 5) is 23.0. The SMILES string of the molecule is CC(C)OC(=O)c1ccc(NC(=O)CCCO)cc1. The molecule has 0 spiro atoms. The van der Waals surface area contributed by atoms with Crippen LogP contribution in [0.25, 0.3) is 0 Å². The standard InChI is InChI=1S/C14H19NO4/c1-10(2)19-14(18)11-5-7-12(8-6-11)15-13(17)4-3-9-16/h5-8,10,16H,3-4,9H2,1-2H3,(H,15,17). The van der Waals surface area contributed by atoms with Crippen LogP contribution in [0.3, 0.4) is 0 Å². The van der Waals surface area contributed by atoms with Gasteiger partial charge in [0.15, 0.2) is 0 Å². The zero-order valence-electron chi connectivity index (χ0n) is 11.2. The lowest BCUT2D eigenvalue weighted by Gasteiger charge is -2.09. The van der Waals surface area contributed by atoms with Crippen molar-refractivity contribution in [2.45, 2.75) is 32.8 Å². The Labute approximate surface area is 112 Å². The number of nitrogens with one attached hydrogen (secondary N) is 1. The summed E-state index contributed by atoms with van der Waals surface area (Å²) in [5, 5.41) is 11.3. The average molecular weight is 265 g/mol. The molecule has 0 aromatic heterocycles. The maximum atomic E-state index is 11.6. The van der Waals surface area contributed by atoms with Gasteiger partial charge >= 0.3 is 5.97 Å². The summed E-state index contributed by atoms with van der Waals surface area (Å²) < 4.78 is 5.06. The second-order valence-corrected chi connectivity index (χ2v) is 4.41. The Hall–Kier alpha value is -1.88. The van der Waals surface area contributed by atoms with Crippen molar-refractivity contribution >= 4 is 17.6 Å². The number of carbonyl (C=O) groups is 2. The van der Waals surface area contributed by atoms with E-state index < -0.39 is 0 Å². The number of amides is 1. The Morgan fingerprint density at radius 3 is 2.42 bits per heavy atom. The van der Waals surface area contributed by atoms with E-state index in [0.29, 0.717) is 17.7 Å². The fraction of sp³-hybridized carbons (Fsp3) is 0.429. The Kier molecular flexibility index (Phi) is 6.02. The average Bonchev–Trinajstić information content (AvgIpc) is 2.36. The van der Waals surface area contributed by atoms with E-state index in [2.05, 4.69) is 5.32 Å². The highest BCUT2D eigenvalue weighted by Crippen LogP contribution is 2.11. The van der Waals surface area contributed by atoms with Crippen LogP contribution in [-0.4, -0.2) is 29.7 Å². The molecule has 1 rings (SSSR count). The van der Waals surface area contributed by atoms with Crippen molar-refractivity contribution in [2.24, 2.45) is 0 Å². The molecule has 0 aliphatic rings. The minimum atomic E-state index is -0.381. The number of aliphatic hydroxyl groups is 1. The first kappa shape index (κ1) is 15.2. The lowest BCUT2D eigenvalue weighted by atomic mass is 10.2. The monoisotopic (exact) mass is 265 g/mol. The number of hydrogen-bond acceptors (Lipinski definition) is 4. The Balaban J connectivity index is 2.56. The highest BCUT2D eigenvalue weighted by Gasteiger charge is 2.09. The molecular weight excluding hydrogens is 246 g/mol. The minimum absolute atomic E-state index is 0.00655. The molecule has 1 amide bonds. The minimum Gasteiger partial charge on any atom is -0.459 e. The Morgan fingerprint density at radius 1 is 1.26 bits per heavy atom. The van der Waals surface area contributed by atoms with E-state index >= 15 is 0 Å². The third kappa shape index (κ3) is 5.52. The molecule has 0 radical (unpaired) electrons. The molecule has 5 nitrogen and oxygen atoms in total. The van der Waals surface area contributed by atoms with Gasteiger partial charge in [0.2, 0.25) is 5.91 Å². The van der Waals surface area contributed by atoms with Gasteiger partial charge in [0, 0.05) is 18.7 Å². The largest absolute Gasteiger partial charge is 0.459 e. The van der Waals surface area contributed by atoms with Crippen LogP contribution in [-0.2, 0) is 9.53 Å². The fourth-order valence-electron chi connectivity index (χ4n) is 1.43. The number of ether oxygens (including phenoxy) is 1. The van der Waals surface area contributed by atoms with E-state index in [-0.39, 0.29) is 31.0 Å². The highest BCUT2D eigenvalue weighted by molar-refractivity contribution is 5.93. The maximum Gasteiger partial charge on any atom is 0.338 e. The molecule has 0 saturated carbocycles. The van der Waals surface area contributed by atoms with Gasteiger partial charge in [0.25, 0.3) is 0 Å². The van der Waals surface area contributed by atoms with Crippen LogP contribution in [0.5, 0.6) is 0 Å². The molecular formula is C14H19NO4. The summed E-state index contributed by atoms with van der Waals surface area (Å²) in [5.41, 5.74) is 1.06. The van der Waals surface area contributed by atoms with Crippen LogP contribution >= 0.6 is 0 Å². The Morgan fingerprint density at radius 2 is 1.89 bits per heavy atom. The maximum absolute atomic E-state index is 11.6. The van der Waals surface area contributed by atoms with Crippen molar-refractivity contribution in [2.75, 3.05) is 11.9 Å². The van der Waals surface area contributed by atoms with Crippen molar-refractivity contribution < 1.29 is 19.4 Å². The molecule has 1 aromatic carbocycles. The lowest BCUT2D eigenvalue weighted by molar-refractivity contribution is -0.116. The second kappa shape index (κ2) is 7.53. The number of anilines is 1. The number of hydrogen-bond donors (Lipinski definition) is 2. The lowest BCUT2D eigenvalue weighted by Crippen LogP contribution is -2.13. The number of esters is 1. The molecule has 0 fully saturated rings. The second-order valence-electron chi connectivity index (χ2n) is 4.41. The van der Waals surface area contributed by atoms with Crippen molar-refractivity contribution in [1.29, 1.82) is 0 Å². The van der Waals surface area contributed by atoms with E-state index in [1.807, 2.05) is 0 Å². The van der Waals surface area contributed by atoms with Gasteiger partial charge in [-0.2, -0.15) is 0 Å². The van der Waals surface area contributed by atoms with Crippen LogP contribution in [0.1, 0.15) is 37.0 Å². The van der Waals surface area contributed by atoms with Gasteiger partial charge in [-0.1, -0.05) is 0 Å². The van der Waals surface area contributed by atoms with Crippen molar-refractivity contribution in [1.82, 2.24) is 0 Å². The summed E-state index contributed by atoms with van der Waals surface area (Å²) in [7, 11) is 0. The van der Waals surface area contributed by atoms with E-state index in [0.717, 1.165) is 0 Å². The van der Waals surface area contributed by atoms with Gasteiger partial charge in [-0.3, -0.25) is 4.79 Å². The highest BCUT2D eigenvalue weighted by atomic mass is 16.5. The summed E-state index contributed by atoms with van der Waals surface area (Å²) in [6.45, 7) is 3.56. The van der Waals surface area contributed by atoms with E-state index in [1.54, 1.807) is 38.1 Å². The van der Waals surface area contributed by atoms with Crippen molar-refractivity contribution in [3.63, 3.8) is 0 Å². The first-order chi connectivity index (χ1) is 9.02. The van der Waals surface area contributed by atoms with Crippen LogP contribution in [0, 0.1) is 0 Å². The predicted molar refractivity (Wildman–Crippen MR) is 71.9 cm³/mol. The zero-order chi connectivity index (χ0) is 14.3. The molecule has 0 aliphatic carbocycles. The van der Waals surface area contributed by atoms with Crippen LogP contribution in [0.2, 0.25) is 0 Å². The zero-order valence-corrected chi connectivity index (χ0v) is 11.2. The summed E-state index contributed by atoms with van der Waals surface area (Å²) >= 11 is 0. The third-order valence-electron chi connectivity index (χ3n) is 2.31. The van der Waals surface area contributed by atoms with E-state index in [9.17, 15) is 9.59 Å². The topological polar surface area (TPSA) is 75.6 Å². The number of carbonyl (C=O) groups excluding carboxylic acids is 2. The van der Waals surface area contributed by atoms with Gasteiger partial charge < -0.3 is 15.2 Å². The molecule has 2 N–H and O–H groups in total. The summed E-state index contributed by atoms with van der Waals surface area (Å²) in [6.07, 6.45) is 0.545. The van der Waals surface area contributed by atoms with Crippen LogP contribution in [0.4, 0.5) is 5.69 Å². The normalized spacial score (nSPS) is 10.3. The van der Waals surface area contributed by atoms with Gasteiger partial charge in [0.1, 0.15) is 0 Å². The number of aliphatic hydroxyl groups excluding tert-OH is 1. The van der Waals surface area contributed by atoms with Gasteiger partial charge in [-0.15, -0.1) is 0 Å². The molecule has 0 heterocycles. The molecule has 0 unspecified atom stereocenters. The molecule has 0 saturated heterocycles. The van der Waals surface area contributed by atoms with Crippen LogP contribution in [0.15, 0.2) is 24.3 Å². The van der Waals surface area contributed by atoms with Gasteiger partial charge in [-0.05, 0) is 44.5 Å². The van der Waals surface area contributed by atoms with E-state index in [1.165, 1.54) is 0 Å². The first-order valence-corrected chi connectivity index (χ1v) is 6.24. The molecule has 5 heteroatoms. The first-order valence-electron chi connectivity index (χ1n) is 6.24. The van der Waals surface area contributed by atoms with Crippen molar-refractivity contribution in [3.05, 3.63) is 29.8 Å². The van der Waals surface area contributed by atoms with Gasteiger partial charge in [0.05, 0.1) is 11.7 Å². The molecule has 104 valence electrons. The van der Waals surface area contributed by atoms with E-state index in [4.69, 9.17) is 9.84 Å². The molecule has 0 atom stereocenters.